The Morgan fingerprint density at radius 2 is 2.06 bits per heavy atom. The summed E-state index contributed by atoms with van der Waals surface area (Å²) in [5.74, 6) is 1.06. The Labute approximate surface area is 110 Å². The molecule has 0 saturated carbocycles. The van der Waals surface area contributed by atoms with Gasteiger partial charge in [0.15, 0.2) is 0 Å². The number of aryl methyl sites for hydroxylation is 1. The van der Waals surface area contributed by atoms with Gasteiger partial charge in [0.1, 0.15) is 5.75 Å². The van der Waals surface area contributed by atoms with Gasteiger partial charge in [-0.2, -0.15) is 0 Å². The molecule has 1 aliphatic rings. The van der Waals surface area contributed by atoms with Gasteiger partial charge in [0.25, 0.3) is 0 Å². The summed E-state index contributed by atoms with van der Waals surface area (Å²) in [5, 5.41) is 6.79. The van der Waals surface area contributed by atoms with Gasteiger partial charge in [-0.15, -0.1) is 0 Å². The summed E-state index contributed by atoms with van der Waals surface area (Å²) in [6.07, 6.45) is 2.25. The molecule has 2 rings (SSSR count). The summed E-state index contributed by atoms with van der Waals surface area (Å²) in [7, 11) is 4.02. The maximum Gasteiger partial charge on any atom is 0.122 e. The molecule has 0 aliphatic carbocycles. The third kappa shape index (κ3) is 2.52. The SMILES string of the molecule is CNC(c1ccc2c(c1)CCCO2)C(C)(C)NC. The van der Waals surface area contributed by atoms with Crippen molar-refractivity contribution in [2.45, 2.75) is 38.3 Å². The fourth-order valence-corrected chi connectivity index (χ4v) is 2.65. The van der Waals surface area contributed by atoms with E-state index in [9.17, 15) is 0 Å². The summed E-state index contributed by atoms with van der Waals surface area (Å²) < 4.78 is 5.67. The van der Waals surface area contributed by atoms with Crippen LogP contribution in [0, 0.1) is 0 Å². The Morgan fingerprint density at radius 3 is 2.72 bits per heavy atom. The van der Waals surface area contributed by atoms with Crippen molar-refractivity contribution < 1.29 is 4.74 Å². The molecule has 1 unspecified atom stereocenters. The van der Waals surface area contributed by atoms with Gasteiger partial charge in [0.2, 0.25) is 0 Å². The summed E-state index contributed by atoms with van der Waals surface area (Å²) in [5.41, 5.74) is 2.67. The van der Waals surface area contributed by atoms with Gasteiger partial charge in [-0.05, 0) is 58.0 Å². The highest BCUT2D eigenvalue weighted by atomic mass is 16.5. The number of nitrogens with one attached hydrogen (secondary N) is 2. The average molecular weight is 248 g/mol. The number of fused-ring (bicyclic) bond motifs is 1. The molecular weight excluding hydrogens is 224 g/mol. The first-order valence-corrected chi connectivity index (χ1v) is 6.70. The molecule has 3 nitrogen and oxygen atoms in total. The number of rotatable bonds is 4. The van der Waals surface area contributed by atoms with Crippen molar-refractivity contribution in [1.82, 2.24) is 10.6 Å². The fraction of sp³-hybridized carbons (Fsp3) is 0.600. The van der Waals surface area contributed by atoms with Crippen molar-refractivity contribution >= 4 is 0 Å². The zero-order chi connectivity index (χ0) is 13.2. The van der Waals surface area contributed by atoms with Gasteiger partial charge in [-0.1, -0.05) is 12.1 Å². The lowest BCUT2D eigenvalue weighted by molar-refractivity contribution is 0.286. The predicted molar refractivity (Wildman–Crippen MR) is 75.2 cm³/mol. The molecule has 3 heteroatoms. The highest BCUT2D eigenvalue weighted by Gasteiger charge is 2.28. The lowest BCUT2D eigenvalue weighted by atomic mass is 9.87. The summed E-state index contributed by atoms with van der Waals surface area (Å²) >= 11 is 0. The number of hydrogen-bond donors (Lipinski definition) is 2. The van der Waals surface area contributed by atoms with E-state index in [0.29, 0.717) is 0 Å². The van der Waals surface area contributed by atoms with E-state index in [1.807, 2.05) is 14.1 Å². The number of benzene rings is 1. The van der Waals surface area contributed by atoms with Crippen LogP contribution in [0.5, 0.6) is 5.75 Å². The first-order chi connectivity index (χ1) is 8.58. The van der Waals surface area contributed by atoms with E-state index in [1.54, 1.807) is 0 Å². The van der Waals surface area contributed by atoms with Crippen molar-refractivity contribution in [3.05, 3.63) is 29.3 Å². The molecule has 0 amide bonds. The van der Waals surface area contributed by atoms with Gasteiger partial charge in [0, 0.05) is 11.6 Å². The zero-order valence-corrected chi connectivity index (χ0v) is 11.8. The van der Waals surface area contributed by atoms with Crippen LogP contribution in [0.4, 0.5) is 0 Å². The minimum absolute atomic E-state index is 0.0124. The summed E-state index contributed by atoms with van der Waals surface area (Å²) in [6.45, 7) is 5.28. The smallest absolute Gasteiger partial charge is 0.122 e. The Hall–Kier alpha value is -1.06. The monoisotopic (exact) mass is 248 g/mol. The molecule has 0 aromatic heterocycles. The van der Waals surface area contributed by atoms with Crippen molar-refractivity contribution in [2.75, 3.05) is 20.7 Å². The summed E-state index contributed by atoms with van der Waals surface area (Å²) in [4.78, 5) is 0. The first-order valence-electron chi connectivity index (χ1n) is 6.70. The molecule has 0 fully saturated rings. The third-order valence-corrected chi connectivity index (χ3v) is 3.92. The van der Waals surface area contributed by atoms with Crippen LogP contribution < -0.4 is 15.4 Å². The fourth-order valence-electron chi connectivity index (χ4n) is 2.65. The molecule has 1 aromatic rings. The number of ether oxygens (including phenoxy) is 1. The van der Waals surface area contributed by atoms with Crippen LogP contribution in [0.15, 0.2) is 18.2 Å². The molecule has 0 saturated heterocycles. The van der Waals surface area contributed by atoms with E-state index in [1.165, 1.54) is 11.1 Å². The predicted octanol–water partition coefficient (Wildman–Crippen LogP) is 2.27. The Morgan fingerprint density at radius 1 is 1.28 bits per heavy atom. The number of hydrogen-bond acceptors (Lipinski definition) is 3. The van der Waals surface area contributed by atoms with Crippen molar-refractivity contribution in [1.29, 1.82) is 0 Å². The van der Waals surface area contributed by atoms with Crippen LogP contribution >= 0.6 is 0 Å². The van der Waals surface area contributed by atoms with Crippen molar-refractivity contribution in [3.8, 4) is 5.75 Å². The van der Waals surface area contributed by atoms with Crippen LogP contribution in [0.1, 0.15) is 37.4 Å². The van der Waals surface area contributed by atoms with E-state index >= 15 is 0 Å². The number of likely N-dealkylation sites (N-methyl/N-ethyl adjacent to an activating group) is 2. The van der Waals surface area contributed by atoms with E-state index in [0.717, 1.165) is 25.2 Å². The van der Waals surface area contributed by atoms with Crippen LogP contribution in [-0.4, -0.2) is 26.2 Å². The molecule has 1 aliphatic heterocycles. The van der Waals surface area contributed by atoms with Gasteiger partial charge >= 0.3 is 0 Å². The molecule has 2 N–H and O–H groups in total. The second-order valence-corrected chi connectivity index (χ2v) is 5.51. The molecule has 0 bridgehead atoms. The van der Waals surface area contributed by atoms with E-state index in [-0.39, 0.29) is 11.6 Å². The molecule has 100 valence electrons. The maximum atomic E-state index is 5.67. The zero-order valence-electron chi connectivity index (χ0n) is 11.8. The van der Waals surface area contributed by atoms with E-state index < -0.39 is 0 Å². The second-order valence-electron chi connectivity index (χ2n) is 5.51. The standard InChI is InChI=1S/C15H24N2O/c1-15(2,17-4)14(16-3)12-7-8-13-11(10-12)6-5-9-18-13/h7-8,10,14,16-17H,5-6,9H2,1-4H3. The molecular formula is C15H24N2O. The maximum absolute atomic E-state index is 5.67. The summed E-state index contributed by atoms with van der Waals surface area (Å²) in [6, 6.07) is 6.86. The van der Waals surface area contributed by atoms with Gasteiger partial charge in [-0.3, -0.25) is 0 Å². The van der Waals surface area contributed by atoms with Crippen molar-refractivity contribution in [3.63, 3.8) is 0 Å². The highest BCUT2D eigenvalue weighted by Crippen LogP contribution is 2.31. The van der Waals surface area contributed by atoms with Gasteiger partial charge in [0.05, 0.1) is 6.61 Å². The van der Waals surface area contributed by atoms with Crippen LogP contribution in [0.3, 0.4) is 0 Å². The van der Waals surface area contributed by atoms with Gasteiger partial charge < -0.3 is 15.4 Å². The normalized spacial score (nSPS) is 16.9. The highest BCUT2D eigenvalue weighted by molar-refractivity contribution is 5.40. The lowest BCUT2D eigenvalue weighted by Crippen LogP contribution is -2.47. The van der Waals surface area contributed by atoms with Crippen molar-refractivity contribution in [2.24, 2.45) is 0 Å². The average Bonchev–Trinajstić information content (AvgIpc) is 2.39. The largest absolute Gasteiger partial charge is 0.493 e. The minimum atomic E-state index is 0.0124. The quantitative estimate of drug-likeness (QED) is 0.857. The van der Waals surface area contributed by atoms with E-state index in [4.69, 9.17) is 4.74 Å². The minimum Gasteiger partial charge on any atom is -0.493 e. The van der Waals surface area contributed by atoms with E-state index in [2.05, 4.69) is 42.7 Å². The second kappa shape index (κ2) is 5.29. The molecule has 0 radical (unpaired) electrons. The molecule has 1 aromatic carbocycles. The molecule has 1 heterocycles. The molecule has 1 atom stereocenters. The topological polar surface area (TPSA) is 33.3 Å². The lowest BCUT2D eigenvalue weighted by Gasteiger charge is -2.35. The van der Waals surface area contributed by atoms with Crippen LogP contribution in [0.25, 0.3) is 0 Å². The Bertz CT molecular complexity index is 415. The van der Waals surface area contributed by atoms with Crippen LogP contribution in [-0.2, 0) is 6.42 Å². The van der Waals surface area contributed by atoms with Gasteiger partial charge in [-0.25, -0.2) is 0 Å². The third-order valence-electron chi connectivity index (χ3n) is 3.92. The molecule has 0 spiro atoms. The van der Waals surface area contributed by atoms with Crippen LogP contribution in [0.2, 0.25) is 0 Å². The Kier molecular flexibility index (Phi) is 3.93. The first kappa shape index (κ1) is 13.4. The Balaban J connectivity index is 2.32. The molecule has 18 heavy (non-hydrogen) atoms.